The van der Waals surface area contributed by atoms with E-state index in [1.165, 1.54) is 16.4 Å². The highest BCUT2D eigenvalue weighted by Crippen LogP contribution is 2.14. The van der Waals surface area contributed by atoms with Crippen molar-refractivity contribution in [3.63, 3.8) is 0 Å². The standard InChI is InChI=1S/C13H20N2O3S/c1-3-10-14-13(16)11-15(4-2)19(17,18)12-8-6-5-7-9-12/h5-9H,3-4,10-11H2,1-2H3,(H,14,16). The molecule has 0 saturated heterocycles. The van der Waals surface area contributed by atoms with E-state index in [1.807, 2.05) is 6.92 Å². The first-order valence-electron chi connectivity index (χ1n) is 6.34. The fraction of sp³-hybridized carbons (Fsp3) is 0.462. The van der Waals surface area contributed by atoms with Gasteiger partial charge in [0.25, 0.3) is 0 Å². The van der Waals surface area contributed by atoms with Crippen molar-refractivity contribution in [3.05, 3.63) is 30.3 Å². The molecule has 1 N–H and O–H groups in total. The molecule has 0 aliphatic rings. The van der Waals surface area contributed by atoms with Crippen molar-refractivity contribution in [2.24, 2.45) is 0 Å². The number of benzene rings is 1. The highest BCUT2D eigenvalue weighted by molar-refractivity contribution is 7.89. The Hall–Kier alpha value is -1.40. The largest absolute Gasteiger partial charge is 0.355 e. The molecule has 19 heavy (non-hydrogen) atoms. The van der Waals surface area contributed by atoms with Crippen LogP contribution in [0.1, 0.15) is 20.3 Å². The summed E-state index contributed by atoms with van der Waals surface area (Å²) in [7, 11) is -3.60. The third-order valence-corrected chi connectivity index (χ3v) is 4.56. The van der Waals surface area contributed by atoms with Crippen molar-refractivity contribution in [3.8, 4) is 0 Å². The lowest BCUT2D eigenvalue weighted by atomic mass is 10.4. The zero-order chi connectivity index (χ0) is 14.3. The molecule has 0 saturated carbocycles. The van der Waals surface area contributed by atoms with E-state index in [1.54, 1.807) is 25.1 Å². The first-order chi connectivity index (χ1) is 9.02. The van der Waals surface area contributed by atoms with Crippen LogP contribution in [0.5, 0.6) is 0 Å². The minimum absolute atomic E-state index is 0.145. The van der Waals surface area contributed by atoms with E-state index < -0.39 is 10.0 Å². The molecule has 0 spiro atoms. The summed E-state index contributed by atoms with van der Waals surface area (Å²) in [4.78, 5) is 11.8. The van der Waals surface area contributed by atoms with Gasteiger partial charge in [0.15, 0.2) is 0 Å². The molecule has 1 amide bonds. The van der Waals surface area contributed by atoms with E-state index in [-0.39, 0.29) is 23.9 Å². The molecule has 0 fully saturated rings. The van der Waals surface area contributed by atoms with Crippen LogP contribution in [0.2, 0.25) is 0 Å². The predicted octanol–water partition coefficient (Wildman–Crippen LogP) is 1.22. The average Bonchev–Trinajstić information content (AvgIpc) is 2.43. The van der Waals surface area contributed by atoms with Gasteiger partial charge < -0.3 is 5.32 Å². The third-order valence-electron chi connectivity index (χ3n) is 2.63. The molecule has 106 valence electrons. The third kappa shape index (κ3) is 4.33. The molecule has 0 heterocycles. The maximum Gasteiger partial charge on any atom is 0.243 e. The van der Waals surface area contributed by atoms with E-state index in [4.69, 9.17) is 0 Å². The molecule has 0 radical (unpaired) electrons. The van der Waals surface area contributed by atoms with Gasteiger partial charge in [-0.15, -0.1) is 0 Å². The van der Waals surface area contributed by atoms with Crippen molar-refractivity contribution in [2.45, 2.75) is 25.2 Å². The Balaban J connectivity index is 2.82. The lowest BCUT2D eigenvalue weighted by molar-refractivity contribution is -0.121. The lowest BCUT2D eigenvalue weighted by Crippen LogP contribution is -2.40. The Morgan fingerprint density at radius 3 is 2.37 bits per heavy atom. The minimum atomic E-state index is -3.60. The van der Waals surface area contributed by atoms with Gasteiger partial charge in [0.1, 0.15) is 0 Å². The molecule has 6 heteroatoms. The monoisotopic (exact) mass is 284 g/mol. The lowest BCUT2D eigenvalue weighted by Gasteiger charge is -2.19. The molecule has 0 aliphatic carbocycles. The molecule has 0 atom stereocenters. The average molecular weight is 284 g/mol. The molecule has 0 bridgehead atoms. The van der Waals surface area contributed by atoms with Gasteiger partial charge in [0.05, 0.1) is 11.4 Å². The second kappa shape index (κ2) is 7.25. The van der Waals surface area contributed by atoms with Crippen molar-refractivity contribution in [2.75, 3.05) is 19.6 Å². The van der Waals surface area contributed by atoms with Crippen LogP contribution in [0.15, 0.2) is 35.2 Å². The van der Waals surface area contributed by atoms with Crippen molar-refractivity contribution < 1.29 is 13.2 Å². The topological polar surface area (TPSA) is 66.5 Å². The van der Waals surface area contributed by atoms with Gasteiger partial charge >= 0.3 is 0 Å². The van der Waals surface area contributed by atoms with Gasteiger partial charge in [-0.2, -0.15) is 4.31 Å². The summed E-state index contributed by atoms with van der Waals surface area (Å²) in [5.74, 6) is -0.275. The molecule has 0 unspecified atom stereocenters. The van der Waals surface area contributed by atoms with Crippen molar-refractivity contribution >= 4 is 15.9 Å². The molecule has 1 aromatic carbocycles. The number of amides is 1. The highest BCUT2D eigenvalue weighted by Gasteiger charge is 2.24. The van der Waals surface area contributed by atoms with E-state index in [0.29, 0.717) is 6.54 Å². The second-order valence-corrected chi connectivity index (χ2v) is 6.03. The zero-order valence-corrected chi connectivity index (χ0v) is 12.1. The van der Waals surface area contributed by atoms with Gasteiger partial charge in [-0.25, -0.2) is 8.42 Å². The number of rotatable bonds is 7. The Kier molecular flexibility index (Phi) is 5.98. The molecule has 0 aliphatic heterocycles. The van der Waals surface area contributed by atoms with Crippen LogP contribution in [-0.2, 0) is 14.8 Å². The van der Waals surface area contributed by atoms with E-state index in [0.717, 1.165) is 6.42 Å². The van der Waals surface area contributed by atoms with Gasteiger partial charge in [0.2, 0.25) is 15.9 Å². The number of nitrogens with zero attached hydrogens (tertiary/aromatic N) is 1. The van der Waals surface area contributed by atoms with Gasteiger partial charge in [-0.3, -0.25) is 4.79 Å². The SMILES string of the molecule is CCCNC(=O)CN(CC)S(=O)(=O)c1ccccc1. The normalized spacial score (nSPS) is 11.5. The molecule has 5 nitrogen and oxygen atoms in total. The van der Waals surface area contributed by atoms with Crippen molar-refractivity contribution in [1.29, 1.82) is 0 Å². The number of carbonyl (C=O) groups excluding carboxylic acids is 1. The summed E-state index contributed by atoms with van der Waals surface area (Å²) in [5.41, 5.74) is 0. The molecular weight excluding hydrogens is 264 g/mol. The highest BCUT2D eigenvalue weighted by atomic mass is 32.2. The number of likely N-dealkylation sites (N-methyl/N-ethyl adjacent to an activating group) is 1. The molecule has 0 aromatic heterocycles. The summed E-state index contributed by atoms with van der Waals surface area (Å²) in [6, 6.07) is 8.14. The van der Waals surface area contributed by atoms with E-state index in [2.05, 4.69) is 5.32 Å². The maximum atomic E-state index is 12.3. The molecule has 1 aromatic rings. The van der Waals surface area contributed by atoms with E-state index in [9.17, 15) is 13.2 Å². The first kappa shape index (κ1) is 15.7. The number of hydrogen-bond acceptors (Lipinski definition) is 3. The number of hydrogen-bond donors (Lipinski definition) is 1. The van der Waals surface area contributed by atoms with Crippen LogP contribution in [0.4, 0.5) is 0 Å². The summed E-state index contributed by atoms with van der Waals surface area (Å²) in [6.45, 7) is 4.33. The summed E-state index contributed by atoms with van der Waals surface area (Å²) >= 11 is 0. The number of carbonyl (C=O) groups is 1. The van der Waals surface area contributed by atoms with Crippen LogP contribution in [0, 0.1) is 0 Å². The predicted molar refractivity (Wildman–Crippen MR) is 74.2 cm³/mol. The zero-order valence-electron chi connectivity index (χ0n) is 11.3. The fourth-order valence-electron chi connectivity index (χ4n) is 1.59. The Morgan fingerprint density at radius 1 is 1.21 bits per heavy atom. The van der Waals surface area contributed by atoms with Crippen LogP contribution in [0.3, 0.4) is 0 Å². The Bertz CT molecular complexity index is 500. The second-order valence-electron chi connectivity index (χ2n) is 4.09. The van der Waals surface area contributed by atoms with Gasteiger partial charge in [-0.1, -0.05) is 32.0 Å². The van der Waals surface area contributed by atoms with Crippen LogP contribution in [0.25, 0.3) is 0 Å². The maximum absolute atomic E-state index is 12.3. The van der Waals surface area contributed by atoms with Crippen LogP contribution < -0.4 is 5.32 Å². The Morgan fingerprint density at radius 2 is 1.84 bits per heavy atom. The van der Waals surface area contributed by atoms with E-state index >= 15 is 0 Å². The van der Waals surface area contributed by atoms with Gasteiger partial charge in [0, 0.05) is 13.1 Å². The quantitative estimate of drug-likeness (QED) is 0.819. The molecule has 1 rings (SSSR count). The summed E-state index contributed by atoms with van der Waals surface area (Å²) in [5, 5.41) is 2.68. The number of sulfonamides is 1. The molecular formula is C13H20N2O3S. The van der Waals surface area contributed by atoms with Gasteiger partial charge in [-0.05, 0) is 18.6 Å². The smallest absolute Gasteiger partial charge is 0.243 e. The summed E-state index contributed by atoms with van der Waals surface area (Å²) in [6.07, 6.45) is 0.823. The van der Waals surface area contributed by atoms with Crippen LogP contribution >= 0.6 is 0 Å². The minimum Gasteiger partial charge on any atom is -0.355 e. The fourth-order valence-corrected chi connectivity index (χ4v) is 3.02. The first-order valence-corrected chi connectivity index (χ1v) is 7.78. The number of nitrogens with one attached hydrogen (secondary N) is 1. The summed E-state index contributed by atoms with van der Waals surface area (Å²) < 4.78 is 25.8. The van der Waals surface area contributed by atoms with Crippen LogP contribution in [-0.4, -0.2) is 38.3 Å². The van der Waals surface area contributed by atoms with Crippen molar-refractivity contribution in [1.82, 2.24) is 9.62 Å². The Labute approximate surface area is 114 Å².